The van der Waals surface area contributed by atoms with Crippen molar-refractivity contribution in [2.75, 3.05) is 0 Å². The highest BCUT2D eigenvalue weighted by Gasteiger charge is 2.34. The molecule has 0 bridgehead atoms. The Labute approximate surface area is 89.9 Å². The van der Waals surface area contributed by atoms with Crippen LogP contribution in [0.4, 0.5) is 4.39 Å². The SMILES string of the molecule is C[C@H]1CCC[C@@](O)(c2cccc(F)c2)C1. The molecule has 2 rings (SSSR count). The van der Waals surface area contributed by atoms with E-state index in [-0.39, 0.29) is 5.82 Å². The third kappa shape index (κ3) is 2.20. The summed E-state index contributed by atoms with van der Waals surface area (Å²) in [5.41, 5.74) is -0.0752. The third-order valence-electron chi connectivity index (χ3n) is 3.34. The fourth-order valence-electron chi connectivity index (χ4n) is 2.56. The van der Waals surface area contributed by atoms with Crippen LogP contribution in [0.1, 0.15) is 38.2 Å². The molecule has 0 heterocycles. The summed E-state index contributed by atoms with van der Waals surface area (Å²) in [5, 5.41) is 10.5. The first kappa shape index (κ1) is 10.6. The number of hydrogen-bond acceptors (Lipinski definition) is 1. The Balaban J connectivity index is 2.28. The molecule has 0 unspecified atom stereocenters. The predicted octanol–water partition coefficient (Wildman–Crippen LogP) is 3.22. The van der Waals surface area contributed by atoms with Gasteiger partial charge in [-0.15, -0.1) is 0 Å². The molecule has 1 N–H and O–H groups in total. The molecule has 0 saturated heterocycles. The van der Waals surface area contributed by atoms with Gasteiger partial charge in [0, 0.05) is 0 Å². The Hall–Kier alpha value is -0.890. The molecule has 1 aromatic rings. The van der Waals surface area contributed by atoms with Crippen molar-refractivity contribution in [3.8, 4) is 0 Å². The minimum absolute atomic E-state index is 0.265. The molecule has 2 heteroatoms. The second kappa shape index (κ2) is 3.93. The molecular formula is C13H17FO. The lowest BCUT2D eigenvalue weighted by Gasteiger charge is -2.36. The van der Waals surface area contributed by atoms with Gasteiger partial charge in [-0.1, -0.05) is 25.5 Å². The second-order valence-electron chi connectivity index (χ2n) is 4.74. The van der Waals surface area contributed by atoms with Crippen LogP contribution in [0.2, 0.25) is 0 Å². The van der Waals surface area contributed by atoms with E-state index in [9.17, 15) is 9.50 Å². The molecule has 1 nitrogen and oxygen atoms in total. The first-order valence-electron chi connectivity index (χ1n) is 5.58. The van der Waals surface area contributed by atoms with Crippen LogP contribution in [-0.4, -0.2) is 5.11 Å². The van der Waals surface area contributed by atoms with Crippen LogP contribution in [0.15, 0.2) is 24.3 Å². The van der Waals surface area contributed by atoms with Crippen molar-refractivity contribution in [3.63, 3.8) is 0 Å². The van der Waals surface area contributed by atoms with Gasteiger partial charge < -0.3 is 5.11 Å². The van der Waals surface area contributed by atoms with Crippen molar-refractivity contribution >= 4 is 0 Å². The minimum Gasteiger partial charge on any atom is -0.385 e. The summed E-state index contributed by atoms with van der Waals surface area (Å²) in [5.74, 6) is 0.256. The van der Waals surface area contributed by atoms with Gasteiger partial charge in [-0.3, -0.25) is 0 Å². The Kier molecular flexibility index (Phi) is 2.79. The molecule has 2 atom stereocenters. The lowest BCUT2D eigenvalue weighted by atomic mass is 9.75. The van der Waals surface area contributed by atoms with E-state index in [0.717, 1.165) is 31.2 Å². The summed E-state index contributed by atoms with van der Waals surface area (Å²) in [7, 11) is 0. The molecule has 15 heavy (non-hydrogen) atoms. The lowest BCUT2D eigenvalue weighted by Crippen LogP contribution is -2.31. The normalized spacial score (nSPS) is 31.5. The molecule has 1 aliphatic carbocycles. The minimum atomic E-state index is -0.806. The van der Waals surface area contributed by atoms with Gasteiger partial charge in [0.1, 0.15) is 5.82 Å². The molecule has 0 amide bonds. The molecule has 1 saturated carbocycles. The van der Waals surface area contributed by atoms with Crippen LogP contribution < -0.4 is 0 Å². The van der Waals surface area contributed by atoms with Crippen molar-refractivity contribution in [2.45, 2.75) is 38.2 Å². The van der Waals surface area contributed by atoms with Gasteiger partial charge in [-0.2, -0.15) is 0 Å². The number of rotatable bonds is 1. The highest BCUT2D eigenvalue weighted by atomic mass is 19.1. The summed E-state index contributed by atoms with van der Waals surface area (Å²) in [6.07, 6.45) is 3.68. The van der Waals surface area contributed by atoms with E-state index in [4.69, 9.17) is 0 Å². The lowest BCUT2D eigenvalue weighted by molar-refractivity contribution is -0.0181. The van der Waals surface area contributed by atoms with E-state index in [2.05, 4.69) is 6.92 Å². The summed E-state index contributed by atoms with van der Waals surface area (Å²) in [6.45, 7) is 2.14. The Morgan fingerprint density at radius 3 is 2.93 bits per heavy atom. The van der Waals surface area contributed by atoms with E-state index in [0.29, 0.717) is 5.92 Å². The van der Waals surface area contributed by atoms with Gasteiger partial charge in [0.2, 0.25) is 0 Å². The largest absolute Gasteiger partial charge is 0.385 e. The third-order valence-corrected chi connectivity index (χ3v) is 3.34. The van der Waals surface area contributed by atoms with E-state index >= 15 is 0 Å². The van der Waals surface area contributed by atoms with Crippen LogP contribution in [0.5, 0.6) is 0 Å². The van der Waals surface area contributed by atoms with Crippen molar-refractivity contribution < 1.29 is 9.50 Å². The first-order chi connectivity index (χ1) is 7.10. The highest BCUT2D eigenvalue weighted by Crippen LogP contribution is 2.39. The van der Waals surface area contributed by atoms with E-state index in [1.54, 1.807) is 6.07 Å². The number of hydrogen-bond donors (Lipinski definition) is 1. The van der Waals surface area contributed by atoms with Gasteiger partial charge in [0.05, 0.1) is 5.60 Å². The fraction of sp³-hybridized carbons (Fsp3) is 0.538. The standard InChI is InChI=1S/C13H17FO/c1-10-4-3-7-13(15,9-10)11-5-2-6-12(14)8-11/h2,5-6,8,10,15H,3-4,7,9H2,1H3/t10-,13-/m0/s1. The second-order valence-corrected chi connectivity index (χ2v) is 4.74. The number of benzene rings is 1. The summed E-state index contributed by atoms with van der Waals surface area (Å²) < 4.78 is 13.1. The van der Waals surface area contributed by atoms with Gasteiger partial charge >= 0.3 is 0 Å². The van der Waals surface area contributed by atoms with Gasteiger partial charge in [0.25, 0.3) is 0 Å². The van der Waals surface area contributed by atoms with Crippen LogP contribution in [0.3, 0.4) is 0 Å². The molecule has 1 aromatic carbocycles. The average Bonchev–Trinajstić information content (AvgIpc) is 2.17. The van der Waals surface area contributed by atoms with Gasteiger partial charge in [0.15, 0.2) is 0 Å². The van der Waals surface area contributed by atoms with Crippen molar-refractivity contribution in [1.82, 2.24) is 0 Å². The maximum absolute atomic E-state index is 13.1. The highest BCUT2D eigenvalue weighted by molar-refractivity contribution is 5.23. The molecule has 0 radical (unpaired) electrons. The van der Waals surface area contributed by atoms with Crippen LogP contribution in [0, 0.1) is 11.7 Å². The Morgan fingerprint density at radius 1 is 1.47 bits per heavy atom. The molecule has 1 fully saturated rings. The van der Waals surface area contributed by atoms with Crippen molar-refractivity contribution in [2.24, 2.45) is 5.92 Å². The molecule has 82 valence electrons. The van der Waals surface area contributed by atoms with Gasteiger partial charge in [-0.25, -0.2) is 4.39 Å². The number of aliphatic hydroxyl groups is 1. The van der Waals surface area contributed by atoms with E-state index in [1.807, 2.05) is 6.07 Å². The fourth-order valence-corrected chi connectivity index (χ4v) is 2.56. The maximum Gasteiger partial charge on any atom is 0.123 e. The smallest absolute Gasteiger partial charge is 0.123 e. The number of halogens is 1. The Morgan fingerprint density at radius 2 is 2.27 bits per heavy atom. The summed E-state index contributed by atoms with van der Waals surface area (Å²) >= 11 is 0. The first-order valence-corrected chi connectivity index (χ1v) is 5.58. The monoisotopic (exact) mass is 208 g/mol. The quantitative estimate of drug-likeness (QED) is 0.751. The zero-order valence-corrected chi connectivity index (χ0v) is 9.04. The molecule has 0 aliphatic heterocycles. The summed E-state index contributed by atoms with van der Waals surface area (Å²) in [4.78, 5) is 0. The average molecular weight is 208 g/mol. The Bertz CT molecular complexity index is 350. The topological polar surface area (TPSA) is 20.2 Å². The zero-order valence-electron chi connectivity index (χ0n) is 9.04. The van der Waals surface area contributed by atoms with E-state index in [1.165, 1.54) is 12.1 Å². The molecule has 1 aliphatic rings. The molecular weight excluding hydrogens is 191 g/mol. The van der Waals surface area contributed by atoms with Gasteiger partial charge in [-0.05, 0) is 42.9 Å². The predicted molar refractivity (Wildman–Crippen MR) is 57.9 cm³/mol. The maximum atomic E-state index is 13.1. The van der Waals surface area contributed by atoms with E-state index < -0.39 is 5.60 Å². The zero-order chi connectivity index (χ0) is 10.9. The van der Waals surface area contributed by atoms with Crippen LogP contribution in [0.25, 0.3) is 0 Å². The van der Waals surface area contributed by atoms with Crippen LogP contribution in [-0.2, 0) is 5.60 Å². The molecule has 0 spiro atoms. The molecule has 0 aromatic heterocycles. The van der Waals surface area contributed by atoms with Crippen molar-refractivity contribution in [3.05, 3.63) is 35.6 Å². The van der Waals surface area contributed by atoms with Crippen LogP contribution >= 0.6 is 0 Å². The summed E-state index contributed by atoms with van der Waals surface area (Å²) in [6, 6.07) is 6.36. The van der Waals surface area contributed by atoms with Crippen molar-refractivity contribution in [1.29, 1.82) is 0 Å².